The largest absolute Gasteiger partial charge is 0.456 e. The molecule has 1 aromatic heterocycles. The third-order valence-electron chi connectivity index (χ3n) is 5.19. The van der Waals surface area contributed by atoms with Crippen molar-refractivity contribution < 1.29 is 19.1 Å². The molecule has 0 radical (unpaired) electrons. The van der Waals surface area contributed by atoms with Crippen LogP contribution in [0.4, 0.5) is 27.5 Å². The van der Waals surface area contributed by atoms with Gasteiger partial charge in [0, 0.05) is 36.9 Å². The van der Waals surface area contributed by atoms with E-state index in [0.717, 1.165) is 31.6 Å². The Balaban J connectivity index is 1.57. The predicted molar refractivity (Wildman–Crippen MR) is 125 cm³/mol. The summed E-state index contributed by atoms with van der Waals surface area (Å²) < 4.78 is 10.8. The SMILES string of the molecule is CC(C)(C)OC(=O)c1c(N)ccc(N)c1NC(=O)OCC1CCN(c2ccncc2)CC1. The van der Waals surface area contributed by atoms with Crippen LogP contribution in [0, 0.1) is 5.92 Å². The van der Waals surface area contributed by atoms with Gasteiger partial charge in [-0.05, 0) is 63.8 Å². The van der Waals surface area contributed by atoms with Crippen LogP contribution in [0.15, 0.2) is 36.7 Å². The number of rotatable bonds is 5. The highest BCUT2D eigenvalue weighted by atomic mass is 16.6. The number of hydrogen-bond acceptors (Lipinski definition) is 8. The van der Waals surface area contributed by atoms with E-state index in [2.05, 4.69) is 15.2 Å². The molecular weight excluding hydrogens is 410 g/mol. The lowest BCUT2D eigenvalue weighted by molar-refractivity contribution is 0.00720. The molecule has 0 spiro atoms. The summed E-state index contributed by atoms with van der Waals surface area (Å²) >= 11 is 0. The van der Waals surface area contributed by atoms with E-state index in [4.69, 9.17) is 20.9 Å². The van der Waals surface area contributed by atoms with Gasteiger partial charge in [0.15, 0.2) is 0 Å². The Morgan fingerprint density at radius 1 is 1.09 bits per heavy atom. The zero-order valence-corrected chi connectivity index (χ0v) is 18.8. The van der Waals surface area contributed by atoms with Crippen LogP contribution in [-0.2, 0) is 9.47 Å². The van der Waals surface area contributed by atoms with E-state index >= 15 is 0 Å². The second kappa shape index (κ2) is 9.76. The van der Waals surface area contributed by atoms with Crippen molar-refractivity contribution in [2.45, 2.75) is 39.2 Å². The first kappa shape index (κ1) is 23.2. The van der Waals surface area contributed by atoms with Gasteiger partial charge in [0.1, 0.15) is 11.2 Å². The molecule has 1 saturated heterocycles. The quantitative estimate of drug-likeness (QED) is 0.473. The summed E-state index contributed by atoms with van der Waals surface area (Å²) in [5.74, 6) is -0.413. The maximum Gasteiger partial charge on any atom is 0.411 e. The Bertz CT molecular complexity index is 951. The molecule has 5 N–H and O–H groups in total. The number of carbonyl (C=O) groups is 2. The number of amides is 1. The standard InChI is InChI=1S/C23H31N5O4/c1-23(2,3)32-21(29)19-17(24)4-5-18(25)20(19)27-22(30)31-14-15-8-12-28(13-9-15)16-6-10-26-11-7-16/h4-7,10-11,15H,8-9,12-14,24-25H2,1-3H3,(H,27,30). The van der Waals surface area contributed by atoms with Crippen molar-refractivity contribution in [1.29, 1.82) is 0 Å². The first-order valence-electron chi connectivity index (χ1n) is 10.6. The zero-order chi connectivity index (χ0) is 23.3. The molecule has 2 heterocycles. The highest BCUT2D eigenvalue weighted by Crippen LogP contribution is 2.31. The topological polar surface area (TPSA) is 133 Å². The molecule has 0 aliphatic carbocycles. The van der Waals surface area contributed by atoms with Crippen LogP contribution in [0.2, 0.25) is 0 Å². The summed E-state index contributed by atoms with van der Waals surface area (Å²) in [6.07, 6.45) is 4.67. The summed E-state index contributed by atoms with van der Waals surface area (Å²) in [5.41, 5.74) is 12.9. The Kier molecular flexibility index (Phi) is 7.07. The molecule has 1 aliphatic rings. The second-order valence-corrected chi connectivity index (χ2v) is 8.86. The molecule has 0 unspecified atom stereocenters. The number of esters is 1. The van der Waals surface area contributed by atoms with E-state index in [1.54, 1.807) is 33.2 Å². The molecular formula is C23H31N5O4. The Morgan fingerprint density at radius 3 is 2.34 bits per heavy atom. The highest BCUT2D eigenvalue weighted by Gasteiger charge is 2.26. The van der Waals surface area contributed by atoms with Crippen LogP contribution < -0.4 is 21.7 Å². The molecule has 9 nitrogen and oxygen atoms in total. The number of pyridine rings is 1. The Morgan fingerprint density at radius 2 is 1.72 bits per heavy atom. The predicted octanol–water partition coefficient (Wildman–Crippen LogP) is 3.67. The normalized spacial score (nSPS) is 14.7. The summed E-state index contributed by atoms with van der Waals surface area (Å²) in [5, 5.41) is 2.58. The Hall–Kier alpha value is -3.49. The smallest absolute Gasteiger partial charge is 0.411 e. The monoisotopic (exact) mass is 441 g/mol. The number of carbonyl (C=O) groups excluding carboxylic acids is 2. The van der Waals surface area contributed by atoms with E-state index in [0.29, 0.717) is 0 Å². The first-order chi connectivity index (χ1) is 15.1. The summed E-state index contributed by atoms with van der Waals surface area (Å²) in [4.78, 5) is 31.4. The molecule has 1 aliphatic heterocycles. The van der Waals surface area contributed by atoms with Gasteiger partial charge < -0.3 is 25.8 Å². The number of aromatic nitrogens is 1. The number of benzene rings is 1. The van der Waals surface area contributed by atoms with E-state index in [9.17, 15) is 9.59 Å². The molecule has 1 amide bonds. The van der Waals surface area contributed by atoms with Gasteiger partial charge in [-0.15, -0.1) is 0 Å². The molecule has 0 atom stereocenters. The van der Waals surface area contributed by atoms with Crippen LogP contribution >= 0.6 is 0 Å². The van der Waals surface area contributed by atoms with Crippen molar-refractivity contribution in [3.8, 4) is 0 Å². The Labute approximate surface area is 188 Å². The first-order valence-corrected chi connectivity index (χ1v) is 10.6. The molecule has 1 fully saturated rings. The maximum absolute atomic E-state index is 12.6. The van der Waals surface area contributed by atoms with Gasteiger partial charge in [0.05, 0.1) is 18.0 Å². The van der Waals surface area contributed by atoms with Crippen LogP contribution in [0.3, 0.4) is 0 Å². The van der Waals surface area contributed by atoms with E-state index in [-0.39, 0.29) is 35.2 Å². The van der Waals surface area contributed by atoms with Gasteiger partial charge in [0.2, 0.25) is 0 Å². The average Bonchev–Trinajstić information content (AvgIpc) is 2.74. The fourth-order valence-corrected chi connectivity index (χ4v) is 3.56. The van der Waals surface area contributed by atoms with Crippen molar-refractivity contribution in [2.75, 3.05) is 41.4 Å². The third kappa shape index (κ3) is 6.03. The fourth-order valence-electron chi connectivity index (χ4n) is 3.56. The van der Waals surface area contributed by atoms with Crippen molar-refractivity contribution >= 4 is 34.8 Å². The lowest BCUT2D eigenvalue weighted by Gasteiger charge is -2.33. The van der Waals surface area contributed by atoms with Gasteiger partial charge in [0.25, 0.3) is 0 Å². The van der Waals surface area contributed by atoms with E-state index in [1.165, 1.54) is 12.1 Å². The van der Waals surface area contributed by atoms with Crippen molar-refractivity contribution in [3.05, 3.63) is 42.2 Å². The molecule has 1 aromatic carbocycles. The number of nitrogen functional groups attached to an aromatic ring is 2. The van der Waals surface area contributed by atoms with Crippen LogP contribution in [0.25, 0.3) is 0 Å². The van der Waals surface area contributed by atoms with Crippen LogP contribution in [-0.4, -0.2) is 42.3 Å². The number of nitrogens with one attached hydrogen (secondary N) is 1. The summed E-state index contributed by atoms with van der Waals surface area (Å²) in [7, 11) is 0. The number of hydrogen-bond donors (Lipinski definition) is 3. The van der Waals surface area contributed by atoms with Crippen molar-refractivity contribution in [3.63, 3.8) is 0 Å². The number of anilines is 4. The second-order valence-electron chi connectivity index (χ2n) is 8.86. The molecule has 32 heavy (non-hydrogen) atoms. The minimum atomic E-state index is -0.725. The number of ether oxygens (including phenoxy) is 2. The number of nitrogens with two attached hydrogens (primary N) is 2. The third-order valence-corrected chi connectivity index (χ3v) is 5.19. The van der Waals surface area contributed by atoms with Crippen molar-refractivity contribution in [1.82, 2.24) is 4.98 Å². The maximum atomic E-state index is 12.6. The van der Waals surface area contributed by atoms with Crippen LogP contribution in [0.1, 0.15) is 44.0 Å². The number of nitrogens with zero attached hydrogens (tertiary/aromatic N) is 2. The van der Waals surface area contributed by atoms with Crippen molar-refractivity contribution in [2.24, 2.45) is 5.92 Å². The van der Waals surface area contributed by atoms with Gasteiger partial charge in [-0.25, -0.2) is 9.59 Å². The molecule has 2 aromatic rings. The van der Waals surface area contributed by atoms with Gasteiger partial charge in [-0.1, -0.05) is 0 Å². The van der Waals surface area contributed by atoms with E-state index in [1.807, 2.05) is 12.1 Å². The molecule has 9 heteroatoms. The molecule has 0 bridgehead atoms. The summed E-state index contributed by atoms with van der Waals surface area (Å²) in [6.45, 7) is 7.27. The molecule has 3 rings (SSSR count). The minimum Gasteiger partial charge on any atom is -0.456 e. The molecule has 172 valence electrons. The van der Waals surface area contributed by atoms with E-state index < -0.39 is 17.7 Å². The summed E-state index contributed by atoms with van der Waals surface area (Å²) in [6, 6.07) is 7.00. The van der Waals surface area contributed by atoms with Gasteiger partial charge in [-0.3, -0.25) is 10.3 Å². The lowest BCUT2D eigenvalue weighted by atomic mass is 9.97. The number of piperidine rings is 1. The highest BCUT2D eigenvalue weighted by molar-refractivity contribution is 6.07. The van der Waals surface area contributed by atoms with Gasteiger partial charge in [-0.2, -0.15) is 0 Å². The average molecular weight is 442 g/mol. The zero-order valence-electron chi connectivity index (χ0n) is 18.8. The van der Waals surface area contributed by atoms with Crippen LogP contribution in [0.5, 0.6) is 0 Å². The minimum absolute atomic E-state index is 0.0162. The van der Waals surface area contributed by atoms with Gasteiger partial charge >= 0.3 is 12.1 Å². The fraction of sp³-hybridized carbons (Fsp3) is 0.435. The lowest BCUT2D eigenvalue weighted by Crippen LogP contribution is -2.35. The molecule has 0 saturated carbocycles.